The minimum atomic E-state index is -0.548. The molecule has 0 heterocycles. The lowest BCUT2D eigenvalue weighted by Gasteiger charge is -2.06. The maximum absolute atomic E-state index is 11.1. The van der Waals surface area contributed by atoms with Gasteiger partial charge in [-0.25, -0.2) is 0 Å². The first-order valence-corrected chi connectivity index (χ1v) is 4.57. The van der Waals surface area contributed by atoms with Gasteiger partial charge in [-0.2, -0.15) is 0 Å². The molecule has 4 nitrogen and oxygen atoms in total. The average Bonchev–Trinajstić information content (AvgIpc) is 2.17. The molecular weight excluding hydrogens is 206 g/mol. The van der Waals surface area contributed by atoms with Crippen LogP contribution in [0.5, 0.6) is 0 Å². The van der Waals surface area contributed by atoms with Crippen molar-refractivity contribution in [2.75, 3.05) is 11.9 Å². The Labute approximate surface area is 95.3 Å². The molecule has 1 aromatic rings. The van der Waals surface area contributed by atoms with E-state index < -0.39 is 12.5 Å². The number of benzene rings is 1. The Morgan fingerprint density at radius 1 is 1.38 bits per heavy atom. The van der Waals surface area contributed by atoms with Crippen molar-refractivity contribution in [1.29, 1.82) is 0 Å². The maximum Gasteiger partial charge on any atom is 0.250 e. The van der Waals surface area contributed by atoms with Crippen LogP contribution < -0.4 is 5.32 Å². The average molecular weight is 223 g/mol. The van der Waals surface area contributed by atoms with Crippen LogP contribution in [0, 0.1) is 6.92 Å². The lowest BCUT2D eigenvalue weighted by Crippen LogP contribution is -2.15. The van der Waals surface area contributed by atoms with E-state index in [2.05, 4.69) is 5.32 Å². The van der Waals surface area contributed by atoms with Gasteiger partial charge in [-0.3, -0.25) is 9.59 Å². The molecule has 0 aliphatic rings. The van der Waals surface area contributed by atoms with Crippen molar-refractivity contribution in [3.05, 3.63) is 29.3 Å². The van der Waals surface area contributed by atoms with Crippen LogP contribution in [0.15, 0.2) is 18.2 Å². The van der Waals surface area contributed by atoms with Crippen LogP contribution in [0.1, 0.15) is 30.3 Å². The monoisotopic (exact) mass is 223 g/mol. The quantitative estimate of drug-likeness (QED) is 0.767. The van der Waals surface area contributed by atoms with Crippen molar-refractivity contribution < 1.29 is 14.7 Å². The third kappa shape index (κ3) is 3.47. The van der Waals surface area contributed by atoms with Gasteiger partial charge in [0.15, 0.2) is 5.78 Å². The molecule has 0 saturated heterocycles. The van der Waals surface area contributed by atoms with Crippen LogP contribution in [0.3, 0.4) is 0 Å². The maximum atomic E-state index is 11.1. The van der Waals surface area contributed by atoms with Gasteiger partial charge in [0.2, 0.25) is 5.91 Å². The zero-order valence-electron chi connectivity index (χ0n) is 8.70. The molecule has 0 saturated carbocycles. The molecule has 0 aliphatic carbocycles. The van der Waals surface area contributed by atoms with Crippen molar-refractivity contribution in [2.45, 2.75) is 21.3 Å². The van der Waals surface area contributed by atoms with E-state index in [-0.39, 0.29) is 13.2 Å². The number of anilines is 1. The van der Waals surface area contributed by atoms with Crippen molar-refractivity contribution in [2.24, 2.45) is 0 Å². The lowest BCUT2D eigenvalue weighted by atomic mass is 10.0. The normalized spacial score (nSPS) is 9.19. The van der Waals surface area contributed by atoms with Crippen LogP contribution in [0.4, 0.5) is 5.69 Å². The zero-order chi connectivity index (χ0) is 11.4. The second-order valence-electron chi connectivity index (χ2n) is 3.29. The number of hydrogen-bond donors (Lipinski definition) is 2. The second kappa shape index (κ2) is 6.02. The van der Waals surface area contributed by atoms with Crippen molar-refractivity contribution >= 4 is 17.4 Å². The van der Waals surface area contributed by atoms with E-state index in [4.69, 9.17) is 5.11 Å². The van der Waals surface area contributed by atoms with Crippen LogP contribution in [-0.4, -0.2) is 23.4 Å². The number of Topliss-reactive ketones (excluding diaryl/α,β-unsaturated/α-hetero) is 1. The van der Waals surface area contributed by atoms with E-state index >= 15 is 0 Å². The van der Waals surface area contributed by atoms with E-state index in [1.54, 1.807) is 25.1 Å². The molecule has 1 aromatic carbocycles. The summed E-state index contributed by atoms with van der Waals surface area (Å²) in [6, 6.07) is 4.99. The van der Waals surface area contributed by atoms with Crippen molar-refractivity contribution in [3.63, 3.8) is 0 Å². The SMILES string of the molecule is C.CC(=O)c1ccc(NC(=O)CO)cc1C. The summed E-state index contributed by atoms with van der Waals surface area (Å²) in [5, 5.41) is 11.0. The highest BCUT2D eigenvalue weighted by Gasteiger charge is 2.05. The van der Waals surface area contributed by atoms with Crippen LogP contribution in [-0.2, 0) is 4.79 Å². The molecule has 1 rings (SSSR count). The fourth-order valence-corrected chi connectivity index (χ4v) is 1.34. The van der Waals surface area contributed by atoms with E-state index in [0.29, 0.717) is 11.3 Å². The van der Waals surface area contributed by atoms with Gasteiger partial charge < -0.3 is 10.4 Å². The predicted molar refractivity (Wildman–Crippen MR) is 63.6 cm³/mol. The van der Waals surface area contributed by atoms with Crippen LogP contribution >= 0.6 is 0 Å². The number of carbonyl (C=O) groups excluding carboxylic acids is 2. The Balaban J connectivity index is 0.00000225. The van der Waals surface area contributed by atoms with E-state index in [9.17, 15) is 9.59 Å². The standard InChI is InChI=1S/C11H13NO3.CH4/c1-7-5-9(12-11(15)6-13)3-4-10(7)8(2)14;/h3-5,13H,6H2,1-2H3,(H,12,15);1H4. The molecule has 0 fully saturated rings. The first kappa shape index (κ1) is 14.3. The third-order valence-electron chi connectivity index (χ3n) is 2.03. The summed E-state index contributed by atoms with van der Waals surface area (Å²) in [5.41, 5.74) is 2.02. The van der Waals surface area contributed by atoms with Gasteiger partial charge in [0, 0.05) is 11.3 Å². The van der Waals surface area contributed by atoms with Crippen LogP contribution in [0.2, 0.25) is 0 Å². The number of aryl methyl sites for hydroxylation is 1. The summed E-state index contributed by atoms with van der Waals surface area (Å²) in [6.45, 7) is 2.74. The zero-order valence-corrected chi connectivity index (χ0v) is 8.70. The Bertz CT molecular complexity index is 399. The highest BCUT2D eigenvalue weighted by molar-refractivity contribution is 5.97. The minimum Gasteiger partial charge on any atom is -0.387 e. The number of amides is 1. The number of ketones is 1. The molecule has 2 N–H and O–H groups in total. The Morgan fingerprint density at radius 3 is 2.44 bits per heavy atom. The molecule has 0 bridgehead atoms. The molecule has 88 valence electrons. The van der Waals surface area contributed by atoms with Gasteiger partial charge in [0.05, 0.1) is 0 Å². The molecule has 0 radical (unpaired) electrons. The van der Waals surface area contributed by atoms with Gasteiger partial charge in [0.1, 0.15) is 6.61 Å². The highest BCUT2D eigenvalue weighted by Crippen LogP contribution is 2.15. The minimum absolute atomic E-state index is 0. The summed E-state index contributed by atoms with van der Waals surface area (Å²) >= 11 is 0. The van der Waals surface area contributed by atoms with E-state index in [1.807, 2.05) is 0 Å². The number of nitrogens with one attached hydrogen (secondary N) is 1. The Morgan fingerprint density at radius 2 is 2.00 bits per heavy atom. The van der Waals surface area contributed by atoms with Crippen LogP contribution in [0.25, 0.3) is 0 Å². The molecule has 0 atom stereocenters. The Kier molecular flexibility index (Phi) is 5.39. The van der Waals surface area contributed by atoms with Gasteiger partial charge in [-0.05, 0) is 37.6 Å². The molecule has 0 aromatic heterocycles. The second-order valence-corrected chi connectivity index (χ2v) is 3.29. The summed E-state index contributed by atoms with van der Waals surface area (Å²) in [5.74, 6) is -0.475. The molecule has 4 heteroatoms. The summed E-state index contributed by atoms with van der Waals surface area (Å²) in [6.07, 6.45) is 0. The molecule has 0 aliphatic heterocycles. The van der Waals surface area contributed by atoms with Crippen molar-refractivity contribution in [1.82, 2.24) is 0 Å². The van der Waals surface area contributed by atoms with Gasteiger partial charge >= 0.3 is 0 Å². The molecule has 1 amide bonds. The van der Waals surface area contributed by atoms with Gasteiger partial charge in [-0.1, -0.05) is 7.43 Å². The first-order chi connectivity index (χ1) is 7.04. The number of aliphatic hydroxyl groups is 1. The molecular formula is C12H17NO3. The summed E-state index contributed by atoms with van der Waals surface area (Å²) in [7, 11) is 0. The smallest absolute Gasteiger partial charge is 0.250 e. The predicted octanol–water partition coefficient (Wildman–Crippen LogP) is 1.76. The summed E-state index contributed by atoms with van der Waals surface area (Å²) in [4.78, 5) is 22.0. The number of aliphatic hydroxyl groups excluding tert-OH is 1. The van der Waals surface area contributed by atoms with E-state index in [1.165, 1.54) is 6.92 Å². The molecule has 0 spiro atoms. The van der Waals surface area contributed by atoms with Crippen molar-refractivity contribution in [3.8, 4) is 0 Å². The largest absolute Gasteiger partial charge is 0.387 e. The molecule has 0 unspecified atom stereocenters. The van der Waals surface area contributed by atoms with E-state index in [0.717, 1.165) is 5.56 Å². The highest BCUT2D eigenvalue weighted by atomic mass is 16.3. The summed E-state index contributed by atoms with van der Waals surface area (Å²) < 4.78 is 0. The number of rotatable bonds is 3. The number of hydrogen-bond acceptors (Lipinski definition) is 3. The molecule has 16 heavy (non-hydrogen) atoms. The van der Waals surface area contributed by atoms with Gasteiger partial charge in [0.25, 0.3) is 0 Å². The van der Waals surface area contributed by atoms with Gasteiger partial charge in [-0.15, -0.1) is 0 Å². The topological polar surface area (TPSA) is 66.4 Å². The Hall–Kier alpha value is -1.68. The fraction of sp³-hybridized carbons (Fsp3) is 0.333. The lowest BCUT2D eigenvalue weighted by molar-refractivity contribution is -0.118. The number of carbonyl (C=O) groups is 2. The first-order valence-electron chi connectivity index (χ1n) is 4.57. The fourth-order valence-electron chi connectivity index (χ4n) is 1.34. The third-order valence-corrected chi connectivity index (χ3v) is 2.03.